The smallest absolute Gasteiger partial charge is 0.123 e. The Balaban J connectivity index is 2.23. The van der Waals surface area contributed by atoms with Gasteiger partial charge in [-0.05, 0) is 63.8 Å². The molecule has 2 N–H and O–H groups in total. The summed E-state index contributed by atoms with van der Waals surface area (Å²) >= 11 is 0. The van der Waals surface area contributed by atoms with Crippen LogP contribution in [0.3, 0.4) is 0 Å². The monoisotopic (exact) mass is 265 g/mol. The zero-order valence-corrected chi connectivity index (χ0v) is 12.1. The summed E-state index contributed by atoms with van der Waals surface area (Å²) in [5, 5.41) is 0. The zero-order valence-electron chi connectivity index (χ0n) is 12.1. The minimum absolute atomic E-state index is 0.0776. The fraction of sp³-hybridized carbons (Fsp3) is 0.600. The summed E-state index contributed by atoms with van der Waals surface area (Å²) in [4.78, 5) is 4.66. The van der Waals surface area contributed by atoms with E-state index in [2.05, 4.69) is 23.9 Å². The van der Waals surface area contributed by atoms with Crippen molar-refractivity contribution in [3.05, 3.63) is 35.1 Å². The highest BCUT2D eigenvalue weighted by Crippen LogP contribution is 2.24. The molecule has 3 nitrogen and oxygen atoms in total. The number of hydrogen-bond donors (Lipinski definition) is 1. The molecule has 1 aliphatic rings. The number of likely N-dealkylation sites (N-methyl/N-ethyl adjacent to an activating group) is 2. The molecule has 1 fully saturated rings. The zero-order chi connectivity index (χ0) is 14.0. The van der Waals surface area contributed by atoms with Crippen LogP contribution < -0.4 is 5.73 Å². The highest BCUT2D eigenvalue weighted by molar-refractivity contribution is 5.30. The maximum Gasteiger partial charge on any atom is 0.123 e. The van der Waals surface area contributed by atoms with Crippen LogP contribution in [0.1, 0.15) is 23.6 Å². The third-order valence-electron chi connectivity index (χ3n) is 4.12. The van der Waals surface area contributed by atoms with Crippen LogP contribution in [0.15, 0.2) is 18.2 Å². The maximum absolute atomic E-state index is 13.2. The molecule has 2 rings (SSSR count). The summed E-state index contributed by atoms with van der Waals surface area (Å²) in [5.41, 5.74) is 8.44. The standard InChI is InChI=1S/C15H24FN3/c1-11-9-12(16)5-6-13(11)15(17)14-10-18(2)7-4-8-19(14)3/h5-6,9,14-15H,4,7-8,10,17H2,1-3H3. The van der Waals surface area contributed by atoms with E-state index >= 15 is 0 Å². The van der Waals surface area contributed by atoms with Gasteiger partial charge >= 0.3 is 0 Å². The average Bonchev–Trinajstić information content (AvgIpc) is 2.50. The Hall–Kier alpha value is -0.970. The van der Waals surface area contributed by atoms with Crippen LogP contribution in [0.5, 0.6) is 0 Å². The number of benzene rings is 1. The molecule has 0 radical (unpaired) electrons. The van der Waals surface area contributed by atoms with Gasteiger partial charge in [-0.25, -0.2) is 4.39 Å². The number of rotatable bonds is 2. The summed E-state index contributed by atoms with van der Waals surface area (Å²) < 4.78 is 13.2. The van der Waals surface area contributed by atoms with Crippen molar-refractivity contribution in [1.82, 2.24) is 9.80 Å². The average molecular weight is 265 g/mol. The Kier molecular flexibility index (Phi) is 4.55. The second-order valence-electron chi connectivity index (χ2n) is 5.69. The number of nitrogens with zero attached hydrogens (tertiary/aromatic N) is 2. The minimum Gasteiger partial charge on any atom is -0.323 e. The van der Waals surface area contributed by atoms with Gasteiger partial charge in [-0.3, -0.25) is 0 Å². The highest BCUT2D eigenvalue weighted by Gasteiger charge is 2.27. The fourth-order valence-corrected chi connectivity index (χ4v) is 2.91. The predicted octanol–water partition coefficient (Wildman–Crippen LogP) is 1.77. The van der Waals surface area contributed by atoms with E-state index in [1.165, 1.54) is 12.5 Å². The molecule has 106 valence electrons. The number of halogens is 1. The van der Waals surface area contributed by atoms with Gasteiger partial charge in [0, 0.05) is 18.6 Å². The van der Waals surface area contributed by atoms with Crippen molar-refractivity contribution < 1.29 is 4.39 Å². The SMILES string of the molecule is Cc1cc(F)ccc1C(N)C1CN(C)CCCN1C. The molecule has 2 unspecified atom stereocenters. The quantitative estimate of drug-likeness (QED) is 0.884. The first-order chi connectivity index (χ1) is 8.99. The van der Waals surface area contributed by atoms with Gasteiger partial charge in [0.2, 0.25) is 0 Å². The first-order valence-electron chi connectivity index (χ1n) is 6.89. The number of aryl methyl sites for hydroxylation is 1. The molecule has 1 aromatic rings. The van der Waals surface area contributed by atoms with E-state index in [9.17, 15) is 4.39 Å². The summed E-state index contributed by atoms with van der Waals surface area (Å²) in [6.45, 7) is 5.05. The molecule has 0 amide bonds. The summed E-state index contributed by atoms with van der Waals surface area (Å²) in [5.74, 6) is -0.195. The van der Waals surface area contributed by atoms with E-state index in [-0.39, 0.29) is 17.9 Å². The molecule has 0 spiro atoms. The van der Waals surface area contributed by atoms with Crippen molar-refractivity contribution in [3.8, 4) is 0 Å². The van der Waals surface area contributed by atoms with Crippen molar-refractivity contribution >= 4 is 0 Å². The van der Waals surface area contributed by atoms with E-state index in [1.807, 2.05) is 13.0 Å². The lowest BCUT2D eigenvalue weighted by atomic mass is 9.95. The van der Waals surface area contributed by atoms with Crippen molar-refractivity contribution in [2.24, 2.45) is 5.73 Å². The third kappa shape index (κ3) is 3.32. The van der Waals surface area contributed by atoms with E-state index in [0.29, 0.717) is 0 Å². The molecule has 1 aromatic carbocycles. The molecule has 0 saturated carbocycles. The van der Waals surface area contributed by atoms with Gasteiger partial charge < -0.3 is 15.5 Å². The van der Waals surface area contributed by atoms with E-state index in [1.54, 1.807) is 6.07 Å². The van der Waals surface area contributed by atoms with Gasteiger partial charge in [-0.1, -0.05) is 6.07 Å². The predicted molar refractivity (Wildman–Crippen MR) is 76.6 cm³/mol. The largest absolute Gasteiger partial charge is 0.323 e. The van der Waals surface area contributed by atoms with Gasteiger partial charge in [-0.15, -0.1) is 0 Å². The molecular weight excluding hydrogens is 241 g/mol. The van der Waals surface area contributed by atoms with Crippen LogP contribution in [0.2, 0.25) is 0 Å². The lowest BCUT2D eigenvalue weighted by molar-refractivity contribution is 0.196. The van der Waals surface area contributed by atoms with E-state index in [4.69, 9.17) is 5.73 Å². The summed E-state index contributed by atoms with van der Waals surface area (Å²) in [6, 6.07) is 5.09. The first-order valence-corrected chi connectivity index (χ1v) is 6.89. The Labute approximate surface area is 115 Å². The van der Waals surface area contributed by atoms with Gasteiger partial charge in [-0.2, -0.15) is 0 Å². The molecule has 19 heavy (non-hydrogen) atoms. The molecule has 2 atom stereocenters. The van der Waals surface area contributed by atoms with Crippen LogP contribution in [-0.4, -0.2) is 49.6 Å². The molecule has 1 aliphatic heterocycles. The second kappa shape index (κ2) is 5.99. The summed E-state index contributed by atoms with van der Waals surface area (Å²) in [6.07, 6.45) is 1.17. The Bertz CT molecular complexity index is 435. The van der Waals surface area contributed by atoms with Gasteiger partial charge in [0.1, 0.15) is 5.82 Å². The van der Waals surface area contributed by atoms with Crippen molar-refractivity contribution in [2.75, 3.05) is 33.7 Å². The second-order valence-corrected chi connectivity index (χ2v) is 5.69. The van der Waals surface area contributed by atoms with Crippen LogP contribution in [0, 0.1) is 12.7 Å². The van der Waals surface area contributed by atoms with Gasteiger partial charge in [0.15, 0.2) is 0 Å². The van der Waals surface area contributed by atoms with Crippen molar-refractivity contribution in [1.29, 1.82) is 0 Å². The normalized spacial score (nSPS) is 24.2. The van der Waals surface area contributed by atoms with Crippen LogP contribution in [0.25, 0.3) is 0 Å². The molecule has 1 saturated heterocycles. The Morgan fingerprint density at radius 1 is 1.32 bits per heavy atom. The molecule has 0 bridgehead atoms. The number of hydrogen-bond acceptors (Lipinski definition) is 3. The Morgan fingerprint density at radius 3 is 2.74 bits per heavy atom. The minimum atomic E-state index is -0.195. The maximum atomic E-state index is 13.2. The number of nitrogens with two attached hydrogens (primary N) is 1. The lowest BCUT2D eigenvalue weighted by Gasteiger charge is -2.33. The molecular formula is C15H24FN3. The van der Waals surface area contributed by atoms with E-state index < -0.39 is 0 Å². The Morgan fingerprint density at radius 2 is 2.05 bits per heavy atom. The molecule has 0 aliphatic carbocycles. The van der Waals surface area contributed by atoms with Crippen LogP contribution >= 0.6 is 0 Å². The fourth-order valence-electron chi connectivity index (χ4n) is 2.91. The van der Waals surface area contributed by atoms with Crippen LogP contribution in [0.4, 0.5) is 4.39 Å². The molecule has 0 aromatic heterocycles. The highest BCUT2D eigenvalue weighted by atomic mass is 19.1. The molecule has 4 heteroatoms. The van der Waals surface area contributed by atoms with Crippen molar-refractivity contribution in [2.45, 2.75) is 25.4 Å². The lowest BCUT2D eigenvalue weighted by Crippen LogP contribution is -2.45. The van der Waals surface area contributed by atoms with Crippen LogP contribution in [-0.2, 0) is 0 Å². The van der Waals surface area contributed by atoms with E-state index in [0.717, 1.165) is 30.8 Å². The topological polar surface area (TPSA) is 32.5 Å². The van der Waals surface area contributed by atoms with Gasteiger partial charge in [0.25, 0.3) is 0 Å². The van der Waals surface area contributed by atoms with Crippen molar-refractivity contribution in [3.63, 3.8) is 0 Å². The van der Waals surface area contributed by atoms with Gasteiger partial charge in [0.05, 0.1) is 0 Å². The summed E-state index contributed by atoms with van der Waals surface area (Å²) in [7, 11) is 4.26. The first kappa shape index (κ1) is 14.4. The third-order valence-corrected chi connectivity index (χ3v) is 4.12. The molecule has 1 heterocycles.